The molecule has 8 nitrogen and oxygen atoms in total. The van der Waals surface area contributed by atoms with Gasteiger partial charge in [0.25, 0.3) is 0 Å². The fraction of sp³-hybridized carbons (Fsp3) is 0.214. The van der Waals surface area contributed by atoms with Crippen molar-refractivity contribution in [3.8, 4) is 11.8 Å². The van der Waals surface area contributed by atoms with Gasteiger partial charge in [-0.25, -0.2) is 18.4 Å². The Morgan fingerprint density at radius 1 is 1.22 bits per heavy atom. The molecule has 0 radical (unpaired) electrons. The van der Waals surface area contributed by atoms with Gasteiger partial charge in [-0.1, -0.05) is 18.2 Å². The van der Waals surface area contributed by atoms with Crippen molar-refractivity contribution in [2.45, 2.75) is 0 Å². The first kappa shape index (κ1) is 16.8. The van der Waals surface area contributed by atoms with Crippen LogP contribution >= 0.6 is 0 Å². The molecule has 1 heterocycles. The highest BCUT2D eigenvalue weighted by Crippen LogP contribution is 2.17. The minimum atomic E-state index is -3.41. The van der Waals surface area contributed by atoms with E-state index < -0.39 is 15.9 Å². The molecule has 0 saturated heterocycles. The number of hydrogen-bond acceptors (Lipinski definition) is 6. The van der Waals surface area contributed by atoms with Gasteiger partial charge in [0.05, 0.1) is 30.9 Å². The number of carbonyl (C=O) groups is 1. The lowest BCUT2D eigenvalue weighted by molar-refractivity contribution is -0.116. The van der Waals surface area contributed by atoms with Gasteiger partial charge in [-0.15, -0.1) is 0 Å². The smallest absolute Gasteiger partial charge is 0.322 e. The molecular formula is C14H16N4O4S. The van der Waals surface area contributed by atoms with E-state index in [0.717, 1.165) is 10.6 Å². The number of hydrogen-bond donors (Lipinski definition) is 1. The third-order valence-corrected chi connectivity index (χ3v) is 4.06. The van der Waals surface area contributed by atoms with Crippen LogP contribution in [0.25, 0.3) is 0 Å². The molecular weight excluding hydrogens is 320 g/mol. The SMILES string of the molecule is CN(CC(=O)Nc1cnc(Oc2ccccc2)nc1)S(C)(=O)=O. The van der Waals surface area contributed by atoms with E-state index in [-0.39, 0.29) is 12.6 Å². The zero-order valence-corrected chi connectivity index (χ0v) is 13.4. The third-order valence-electron chi connectivity index (χ3n) is 2.80. The molecule has 9 heteroatoms. The molecule has 0 aliphatic heterocycles. The number of benzene rings is 1. The van der Waals surface area contributed by atoms with Crippen molar-refractivity contribution in [2.24, 2.45) is 0 Å². The Morgan fingerprint density at radius 2 is 1.83 bits per heavy atom. The number of ether oxygens (including phenoxy) is 1. The van der Waals surface area contributed by atoms with Crippen molar-refractivity contribution in [3.63, 3.8) is 0 Å². The van der Waals surface area contributed by atoms with Gasteiger partial charge in [0, 0.05) is 7.05 Å². The summed E-state index contributed by atoms with van der Waals surface area (Å²) in [4.78, 5) is 19.7. The first-order chi connectivity index (χ1) is 10.8. The number of likely N-dealkylation sites (N-methyl/N-ethyl adjacent to an activating group) is 1. The highest BCUT2D eigenvalue weighted by molar-refractivity contribution is 7.88. The summed E-state index contributed by atoms with van der Waals surface area (Å²) in [5.41, 5.74) is 0.345. The largest absolute Gasteiger partial charge is 0.424 e. The van der Waals surface area contributed by atoms with E-state index in [1.165, 1.54) is 19.4 Å². The zero-order chi connectivity index (χ0) is 16.9. The summed E-state index contributed by atoms with van der Waals surface area (Å²) >= 11 is 0. The number of rotatable bonds is 6. The van der Waals surface area contributed by atoms with Crippen molar-refractivity contribution in [1.29, 1.82) is 0 Å². The fourth-order valence-corrected chi connectivity index (χ4v) is 1.90. The summed E-state index contributed by atoms with van der Waals surface area (Å²) in [7, 11) is -2.09. The minimum absolute atomic E-state index is 0.141. The lowest BCUT2D eigenvalue weighted by Crippen LogP contribution is -2.34. The lowest BCUT2D eigenvalue weighted by atomic mass is 10.3. The Morgan fingerprint density at radius 3 is 2.39 bits per heavy atom. The molecule has 1 aromatic carbocycles. The van der Waals surface area contributed by atoms with Crippen molar-refractivity contribution < 1.29 is 17.9 Å². The van der Waals surface area contributed by atoms with E-state index in [1.807, 2.05) is 18.2 Å². The van der Waals surface area contributed by atoms with E-state index in [4.69, 9.17) is 4.74 Å². The van der Waals surface area contributed by atoms with Crippen molar-refractivity contribution >= 4 is 21.6 Å². The molecule has 2 aromatic rings. The number of nitrogens with one attached hydrogen (secondary N) is 1. The Kier molecular flexibility index (Phi) is 5.24. The number of amides is 1. The predicted molar refractivity (Wildman–Crippen MR) is 84.7 cm³/mol. The standard InChI is InChI=1S/C14H16N4O4S/c1-18(23(2,20)21)10-13(19)17-11-8-15-14(16-9-11)22-12-6-4-3-5-7-12/h3-9H,10H2,1-2H3,(H,17,19). The second-order valence-electron chi connectivity index (χ2n) is 4.74. The van der Waals surface area contributed by atoms with Crippen LogP contribution in [0.5, 0.6) is 11.8 Å². The highest BCUT2D eigenvalue weighted by Gasteiger charge is 2.15. The molecule has 0 aliphatic carbocycles. The van der Waals surface area contributed by atoms with Gasteiger partial charge in [0.15, 0.2) is 0 Å². The molecule has 0 bridgehead atoms. The van der Waals surface area contributed by atoms with Crippen LogP contribution in [0.1, 0.15) is 0 Å². The number of sulfonamides is 1. The highest BCUT2D eigenvalue weighted by atomic mass is 32.2. The maximum atomic E-state index is 11.7. The quantitative estimate of drug-likeness (QED) is 0.847. The van der Waals surface area contributed by atoms with Crippen LogP contribution in [0.4, 0.5) is 5.69 Å². The molecule has 0 fully saturated rings. The first-order valence-electron chi connectivity index (χ1n) is 6.61. The minimum Gasteiger partial charge on any atom is -0.424 e. The maximum absolute atomic E-state index is 11.7. The van der Waals surface area contributed by atoms with Crippen LogP contribution in [0, 0.1) is 0 Å². The Hall–Kier alpha value is -2.52. The molecule has 0 spiro atoms. The topological polar surface area (TPSA) is 101 Å². The molecule has 1 aromatic heterocycles. The van der Waals surface area contributed by atoms with Crippen LogP contribution in [-0.4, -0.2) is 48.4 Å². The zero-order valence-electron chi connectivity index (χ0n) is 12.6. The van der Waals surface area contributed by atoms with Crippen molar-refractivity contribution in [2.75, 3.05) is 25.2 Å². The van der Waals surface area contributed by atoms with Crippen LogP contribution in [0.15, 0.2) is 42.7 Å². The van der Waals surface area contributed by atoms with E-state index in [1.54, 1.807) is 12.1 Å². The normalized spacial score (nSPS) is 11.3. The monoisotopic (exact) mass is 336 g/mol. The average molecular weight is 336 g/mol. The summed E-state index contributed by atoms with van der Waals surface area (Å²) in [6, 6.07) is 9.17. The molecule has 1 amide bonds. The second kappa shape index (κ2) is 7.16. The van der Waals surface area contributed by atoms with Gasteiger partial charge in [-0.2, -0.15) is 4.31 Å². The summed E-state index contributed by atoms with van der Waals surface area (Å²) < 4.78 is 28.8. The van der Waals surface area contributed by atoms with E-state index in [9.17, 15) is 13.2 Å². The molecule has 23 heavy (non-hydrogen) atoms. The average Bonchev–Trinajstić information content (AvgIpc) is 2.49. The second-order valence-corrected chi connectivity index (χ2v) is 6.83. The molecule has 122 valence electrons. The molecule has 1 N–H and O–H groups in total. The summed E-state index contributed by atoms with van der Waals surface area (Å²) in [5.74, 6) is 0.109. The Bertz CT molecular complexity index is 763. The van der Waals surface area contributed by atoms with Gasteiger partial charge in [0.2, 0.25) is 15.9 Å². The molecule has 0 saturated carbocycles. The first-order valence-corrected chi connectivity index (χ1v) is 8.45. The number of aromatic nitrogens is 2. The number of carbonyl (C=O) groups excluding carboxylic acids is 1. The Balaban J connectivity index is 1.93. The summed E-state index contributed by atoms with van der Waals surface area (Å²) in [6.07, 6.45) is 3.78. The van der Waals surface area contributed by atoms with Crippen LogP contribution in [-0.2, 0) is 14.8 Å². The van der Waals surface area contributed by atoms with Gasteiger partial charge in [-0.05, 0) is 12.1 Å². The molecule has 0 unspecified atom stereocenters. The third kappa shape index (κ3) is 5.31. The van der Waals surface area contributed by atoms with Crippen molar-refractivity contribution in [3.05, 3.63) is 42.7 Å². The Labute approximate surface area is 134 Å². The van der Waals surface area contributed by atoms with E-state index >= 15 is 0 Å². The van der Waals surface area contributed by atoms with Gasteiger partial charge in [-0.3, -0.25) is 4.79 Å². The van der Waals surface area contributed by atoms with Gasteiger partial charge < -0.3 is 10.1 Å². The molecule has 0 atom stereocenters. The number of nitrogens with zero attached hydrogens (tertiary/aromatic N) is 3. The predicted octanol–water partition coefficient (Wildman–Crippen LogP) is 1.10. The summed E-state index contributed by atoms with van der Waals surface area (Å²) in [5, 5.41) is 2.51. The fourth-order valence-electron chi connectivity index (χ4n) is 1.55. The van der Waals surface area contributed by atoms with Crippen molar-refractivity contribution in [1.82, 2.24) is 14.3 Å². The number of para-hydroxylation sites is 1. The van der Waals surface area contributed by atoms with Crippen LogP contribution in [0.3, 0.4) is 0 Å². The maximum Gasteiger partial charge on any atom is 0.322 e. The van der Waals surface area contributed by atoms with Crippen LogP contribution < -0.4 is 10.1 Å². The number of anilines is 1. The van der Waals surface area contributed by atoms with Gasteiger partial charge >= 0.3 is 6.01 Å². The lowest BCUT2D eigenvalue weighted by Gasteiger charge is -2.13. The molecule has 2 rings (SSSR count). The van der Waals surface area contributed by atoms with Crippen LogP contribution in [0.2, 0.25) is 0 Å². The van der Waals surface area contributed by atoms with E-state index in [2.05, 4.69) is 15.3 Å². The summed E-state index contributed by atoms with van der Waals surface area (Å²) in [6.45, 7) is -0.291. The van der Waals surface area contributed by atoms with E-state index in [0.29, 0.717) is 11.4 Å². The molecule has 0 aliphatic rings. The van der Waals surface area contributed by atoms with Gasteiger partial charge in [0.1, 0.15) is 5.75 Å².